The second-order valence-electron chi connectivity index (χ2n) is 6.63. The summed E-state index contributed by atoms with van der Waals surface area (Å²) in [6, 6.07) is 11.1. The third-order valence-corrected chi connectivity index (χ3v) is 6.40. The molecule has 0 saturated carbocycles. The fraction of sp³-hybridized carbons (Fsp3) is 0.273. The molecule has 3 rings (SSSR count). The van der Waals surface area contributed by atoms with E-state index in [4.69, 9.17) is 9.84 Å². The number of carbonyl (C=O) groups is 3. The van der Waals surface area contributed by atoms with Crippen LogP contribution in [0.1, 0.15) is 28.6 Å². The molecule has 0 spiro atoms. The highest BCUT2D eigenvalue weighted by Gasteiger charge is 2.22. The van der Waals surface area contributed by atoms with E-state index in [2.05, 4.69) is 10.3 Å². The molecule has 1 aliphatic rings. The molecule has 1 unspecified atom stereocenters. The molecule has 2 N–H and O–H groups in total. The Kier molecular flexibility index (Phi) is 8.02. The van der Waals surface area contributed by atoms with E-state index in [0.717, 1.165) is 23.1 Å². The van der Waals surface area contributed by atoms with Gasteiger partial charge in [0.2, 0.25) is 5.91 Å². The summed E-state index contributed by atoms with van der Waals surface area (Å²) in [5.41, 5.74) is 0.864. The van der Waals surface area contributed by atoms with Gasteiger partial charge in [-0.15, -0.1) is 23.1 Å². The van der Waals surface area contributed by atoms with Gasteiger partial charge in [-0.3, -0.25) is 14.4 Å². The number of allylic oxidation sites excluding steroid dienone is 1. The van der Waals surface area contributed by atoms with E-state index in [1.165, 1.54) is 17.6 Å². The number of aliphatic carboxylic acids is 1. The number of aryl methyl sites for hydroxylation is 1. The summed E-state index contributed by atoms with van der Waals surface area (Å²) >= 11 is 2.35. The highest BCUT2D eigenvalue weighted by atomic mass is 32.2. The highest BCUT2D eigenvalue weighted by Crippen LogP contribution is 2.31. The first-order valence-corrected chi connectivity index (χ1v) is 11.6. The average Bonchev–Trinajstić information content (AvgIpc) is 3.17. The number of rotatable bonds is 10. The number of carboxylic acid groups (broad SMARTS) is 1. The monoisotopic (exact) mass is 458 g/mol. The molecule has 1 aromatic heterocycles. The summed E-state index contributed by atoms with van der Waals surface area (Å²) in [4.78, 5) is 41.2. The van der Waals surface area contributed by atoms with Crippen LogP contribution in [0.15, 0.2) is 53.0 Å². The van der Waals surface area contributed by atoms with Crippen molar-refractivity contribution in [2.75, 3.05) is 16.8 Å². The number of nitrogens with one attached hydrogen (secondary N) is 1. The molecule has 2 aromatic rings. The molecule has 1 amide bonds. The number of anilines is 1. The number of amides is 1. The fourth-order valence-electron chi connectivity index (χ4n) is 2.82. The number of hydrogen-bond donors (Lipinski definition) is 2. The number of para-hydroxylation sites is 1. The van der Waals surface area contributed by atoms with Crippen LogP contribution in [0.4, 0.5) is 5.00 Å². The Labute approximate surface area is 188 Å². The molecule has 0 fully saturated rings. The Hall–Kier alpha value is -2.91. The first-order chi connectivity index (χ1) is 15.0. The number of Topliss-reactive ketones (excluding diaryl/α,β-unsaturated/α-hetero) is 1. The molecular weight excluding hydrogens is 436 g/mol. The minimum absolute atomic E-state index is 0.00193. The normalized spacial score (nSPS) is 15.3. The van der Waals surface area contributed by atoms with Crippen LogP contribution in [0.3, 0.4) is 0 Å². The molecule has 31 heavy (non-hydrogen) atoms. The molecule has 0 saturated heterocycles. The number of ether oxygens (including phenoxy) is 1. The number of hydrogen-bond acceptors (Lipinski definition) is 7. The Morgan fingerprint density at radius 1 is 1.26 bits per heavy atom. The van der Waals surface area contributed by atoms with Gasteiger partial charge in [-0.25, -0.2) is 4.99 Å². The van der Waals surface area contributed by atoms with E-state index in [1.54, 1.807) is 12.1 Å². The first-order valence-electron chi connectivity index (χ1n) is 9.68. The van der Waals surface area contributed by atoms with Crippen molar-refractivity contribution >= 4 is 52.0 Å². The predicted molar refractivity (Wildman–Crippen MR) is 124 cm³/mol. The molecular formula is C22H22N2O5S2. The minimum Gasteiger partial charge on any atom is -0.481 e. The second kappa shape index (κ2) is 10.9. The number of aliphatic imine (C=N–C) groups is 1. The Balaban J connectivity index is 1.66. The summed E-state index contributed by atoms with van der Waals surface area (Å²) in [6.45, 7) is 1.97. The summed E-state index contributed by atoms with van der Waals surface area (Å²) in [7, 11) is 0. The second-order valence-corrected chi connectivity index (χ2v) is 8.75. The summed E-state index contributed by atoms with van der Waals surface area (Å²) < 4.78 is 5.79. The van der Waals surface area contributed by atoms with E-state index >= 15 is 0 Å². The van der Waals surface area contributed by atoms with E-state index in [0.29, 0.717) is 28.3 Å². The average molecular weight is 459 g/mol. The number of thiophene rings is 1. The summed E-state index contributed by atoms with van der Waals surface area (Å²) in [5, 5.41) is 11.9. The zero-order chi connectivity index (χ0) is 22.2. The van der Waals surface area contributed by atoms with Gasteiger partial charge in [0.25, 0.3) is 0 Å². The lowest BCUT2D eigenvalue weighted by atomic mass is 10.0. The van der Waals surface area contributed by atoms with Crippen molar-refractivity contribution in [3.05, 3.63) is 58.5 Å². The number of nitrogens with zero attached hydrogens (tertiary/aromatic N) is 1. The lowest BCUT2D eigenvalue weighted by Crippen LogP contribution is -2.20. The summed E-state index contributed by atoms with van der Waals surface area (Å²) in [5.74, 6) is -0.972. The maximum absolute atomic E-state index is 13.1. The lowest BCUT2D eigenvalue weighted by molar-refractivity contribution is -0.133. The van der Waals surface area contributed by atoms with Crippen LogP contribution >= 0.6 is 23.1 Å². The molecule has 162 valence electrons. The van der Waals surface area contributed by atoms with Gasteiger partial charge in [-0.05, 0) is 24.6 Å². The van der Waals surface area contributed by atoms with Crippen LogP contribution < -0.4 is 10.1 Å². The van der Waals surface area contributed by atoms with Gasteiger partial charge in [0.05, 0.1) is 17.1 Å². The Morgan fingerprint density at radius 3 is 2.68 bits per heavy atom. The number of carbonyl (C=O) groups excluding carboxylic acids is 2. The smallest absolute Gasteiger partial charge is 0.313 e. The summed E-state index contributed by atoms with van der Waals surface area (Å²) in [6.07, 6.45) is 4.11. The van der Waals surface area contributed by atoms with Crippen molar-refractivity contribution in [1.82, 2.24) is 0 Å². The molecule has 9 heteroatoms. The quantitative estimate of drug-likeness (QED) is 0.520. The van der Waals surface area contributed by atoms with Gasteiger partial charge in [0.1, 0.15) is 10.8 Å². The molecule has 1 aromatic carbocycles. The molecule has 1 atom stereocenters. The highest BCUT2D eigenvalue weighted by molar-refractivity contribution is 8.00. The third kappa shape index (κ3) is 6.53. The number of thioether (sulfide) groups is 1. The molecule has 2 heterocycles. The van der Waals surface area contributed by atoms with Crippen LogP contribution in [0.5, 0.6) is 5.75 Å². The van der Waals surface area contributed by atoms with Crippen molar-refractivity contribution in [3.63, 3.8) is 0 Å². The van der Waals surface area contributed by atoms with Crippen LogP contribution in [-0.4, -0.2) is 46.7 Å². The van der Waals surface area contributed by atoms with Crippen molar-refractivity contribution in [2.45, 2.75) is 26.0 Å². The standard InChI is InChI=1S/C22H22N2O5S2/c1-2-16-10-17(22(31-16)24-18(25)12-30-13-20(26)27)21(28)14-8-9-19(23-11-14)29-15-6-4-3-5-7-15/h3-8,10-11,19H,2,9,12-13H2,1H3,(H,24,25)(H,26,27). The van der Waals surface area contributed by atoms with Crippen LogP contribution in [-0.2, 0) is 16.0 Å². The third-order valence-electron chi connectivity index (χ3n) is 4.28. The van der Waals surface area contributed by atoms with Gasteiger partial charge in [0, 0.05) is 23.1 Å². The zero-order valence-electron chi connectivity index (χ0n) is 16.9. The number of carboxylic acids is 1. The van der Waals surface area contributed by atoms with Gasteiger partial charge < -0.3 is 15.2 Å². The fourth-order valence-corrected chi connectivity index (χ4v) is 4.36. The van der Waals surface area contributed by atoms with Crippen LogP contribution in [0.25, 0.3) is 0 Å². The van der Waals surface area contributed by atoms with E-state index in [9.17, 15) is 14.4 Å². The lowest BCUT2D eigenvalue weighted by Gasteiger charge is -2.17. The largest absolute Gasteiger partial charge is 0.481 e. The number of ketones is 1. The van der Waals surface area contributed by atoms with Crippen molar-refractivity contribution < 1.29 is 24.2 Å². The molecule has 0 aliphatic carbocycles. The minimum atomic E-state index is -0.976. The SMILES string of the molecule is CCc1cc(C(=O)C2=CCC(Oc3ccccc3)N=C2)c(NC(=O)CSCC(=O)O)s1. The Bertz CT molecular complexity index is 1010. The number of dihydropyridines is 1. The molecule has 1 aliphatic heterocycles. The zero-order valence-corrected chi connectivity index (χ0v) is 18.5. The van der Waals surface area contributed by atoms with Crippen LogP contribution in [0.2, 0.25) is 0 Å². The molecule has 0 radical (unpaired) electrons. The van der Waals surface area contributed by atoms with E-state index < -0.39 is 12.2 Å². The number of benzene rings is 1. The van der Waals surface area contributed by atoms with Gasteiger partial charge in [-0.1, -0.05) is 31.2 Å². The molecule has 0 bridgehead atoms. The van der Waals surface area contributed by atoms with Crippen molar-refractivity contribution in [3.8, 4) is 5.75 Å². The maximum atomic E-state index is 13.1. The van der Waals surface area contributed by atoms with Gasteiger partial charge in [-0.2, -0.15) is 0 Å². The van der Waals surface area contributed by atoms with E-state index in [-0.39, 0.29) is 23.2 Å². The Morgan fingerprint density at radius 2 is 2.03 bits per heavy atom. The predicted octanol–water partition coefficient (Wildman–Crippen LogP) is 4.06. The first kappa shape index (κ1) is 22.8. The van der Waals surface area contributed by atoms with Crippen molar-refractivity contribution in [1.29, 1.82) is 0 Å². The van der Waals surface area contributed by atoms with Gasteiger partial charge in [0.15, 0.2) is 12.0 Å². The van der Waals surface area contributed by atoms with Gasteiger partial charge >= 0.3 is 5.97 Å². The molecule has 7 nitrogen and oxygen atoms in total. The van der Waals surface area contributed by atoms with Crippen molar-refractivity contribution in [2.24, 2.45) is 4.99 Å². The van der Waals surface area contributed by atoms with Crippen LogP contribution in [0, 0.1) is 0 Å². The van der Waals surface area contributed by atoms with E-state index in [1.807, 2.05) is 37.3 Å². The maximum Gasteiger partial charge on any atom is 0.313 e. The topological polar surface area (TPSA) is 105 Å².